The van der Waals surface area contributed by atoms with Crippen LogP contribution in [-0.2, 0) is 0 Å². The third-order valence-electron chi connectivity index (χ3n) is 4.45. The average molecular weight is 233 g/mol. The Morgan fingerprint density at radius 1 is 1.41 bits per heavy atom. The van der Waals surface area contributed by atoms with Crippen LogP contribution in [0.4, 0.5) is 0 Å². The summed E-state index contributed by atoms with van der Waals surface area (Å²) in [6, 6.07) is 1.21. The summed E-state index contributed by atoms with van der Waals surface area (Å²) in [5, 5.41) is 3.58. The Kier molecular flexibility index (Phi) is 2.74. The van der Waals surface area contributed by atoms with E-state index in [9.17, 15) is 0 Å². The molecule has 0 spiro atoms. The van der Waals surface area contributed by atoms with Crippen LogP contribution < -0.4 is 5.32 Å². The van der Waals surface area contributed by atoms with E-state index in [1.54, 1.807) is 0 Å². The number of rotatable bonds is 2. The molecule has 1 saturated heterocycles. The van der Waals surface area contributed by atoms with Crippen molar-refractivity contribution in [2.24, 2.45) is 5.41 Å². The average Bonchev–Trinajstić information content (AvgIpc) is 2.93. The van der Waals surface area contributed by atoms with Crippen molar-refractivity contribution in [3.8, 4) is 0 Å². The number of nitrogens with zero attached hydrogens (tertiary/aromatic N) is 2. The number of hydrogen-bond donors (Lipinski definition) is 1. The van der Waals surface area contributed by atoms with E-state index in [0.717, 1.165) is 6.54 Å². The largest absolute Gasteiger partial charge is 0.330 e. The third kappa shape index (κ3) is 2.13. The van der Waals surface area contributed by atoms with Gasteiger partial charge in [-0.1, -0.05) is 13.8 Å². The molecule has 1 unspecified atom stereocenters. The maximum atomic E-state index is 4.38. The second-order valence-corrected chi connectivity index (χ2v) is 6.44. The molecule has 2 atom stereocenters. The first-order valence-electron chi connectivity index (χ1n) is 6.91. The van der Waals surface area contributed by atoms with Gasteiger partial charge in [-0.15, -0.1) is 0 Å². The Labute approximate surface area is 104 Å². The van der Waals surface area contributed by atoms with Crippen LogP contribution in [0.3, 0.4) is 0 Å². The lowest BCUT2D eigenvalue weighted by Gasteiger charge is -2.21. The van der Waals surface area contributed by atoms with Crippen LogP contribution in [0, 0.1) is 5.41 Å². The molecule has 3 heteroatoms. The van der Waals surface area contributed by atoms with Crippen LogP contribution in [0.1, 0.15) is 63.7 Å². The summed E-state index contributed by atoms with van der Waals surface area (Å²) in [6.07, 6.45) is 10.6. The Hall–Kier alpha value is -0.830. The Morgan fingerprint density at radius 2 is 2.29 bits per heavy atom. The molecule has 1 aromatic rings. The van der Waals surface area contributed by atoms with Gasteiger partial charge in [-0.3, -0.25) is 0 Å². The Balaban J connectivity index is 1.81. The molecule has 3 rings (SSSR count). The van der Waals surface area contributed by atoms with E-state index in [-0.39, 0.29) is 0 Å². The number of hydrogen-bond acceptors (Lipinski definition) is 2. The zero-order valence-electron chi connectivity index (χ0n) is 10.9. The summed E-state index contributed by atoms with van der Waals surface area (Å²) in [5.41, 5.74) is 1.92. The zero-order valence-corrected chi connectivity index (χ0v) is 10.9. The molecule has 0 aromatic carbocycles. The molecule has 17 heavy (non-hydrogen) atoms. The van der Waals surface area contributed by atoms with Gasteiger partial charge in [-0.25, -0.2) is 4.98 Å². The van der Waals surface area contributed by atoms with Gasteiger partial charge in [-0.05, 0) is 44.1 Å². The highest BCUT2D eigenvalue weighted by Crippen LogP contribution is 2.44. The first-order valence-corrected chi connectivity index (χ1v) is 6.91. The summed E-state index contributed by atoms with van der Waals surface area (Å²) in [7, 11) is 0. The lowest BCUT2D eigenvalue weighted by Crippen LogP contribution is -2.19. The number of nitrogens with one attached hydrogen (secondary N) is 1. The highest BCUT2D eigenvalue weighted by atomic mass is 15.1. The van der Waals surface area contributed by atoms with Gasteiger partial charge in [0.25, 0.3) is 0 Å². The fourth-order valence-corrected chi connectivity index (χ4v) is 3.46. The van der Waals surface area contributed by atoms with E-state index in [4.69, 9.17) is 0 Å². The predicted molar refractivity (Wildman–Crippen MR) is 68.9 cm³/mol. The van der Waals surface area contributed by atoms with Crippen molar-refractivity contribution in [3.63, 3.8) is 0 Å². The summed E-state index contributed by atoms with van der Waals surface area (Å²) >= 11 is 0. The van der Waals surface area contributed by atoms with E-state index in [0.29, 0.717) is 17.5 Å². The van der Waals surface area contributed by atoms with Gasteiger partial charge >= 0.3 is 0 Å². The van der Waals surface area contributed by atoms with Crippen LogP contribution in [0.5, 0.6) is 0 Å². The van der Waals surface area contributed by atoms with Crippen molar-refractivity contribution in [1.29, 1.82) is 0 Å². The normalized spacial score (nSPS) is 32.1. The van der Waals surface area contributed by atoms with Crippen molar-refractivity contribution >= 4 is 0 Å². The van der Waals surface area contributed by atoms with E-state index >= 15 is 0 Å². The van der Waals surface area contributed by atoms with Gasteiger partial charge in [-0.2, -0.15) is 0 Å². The second kappa shape index (κ2) is 4.13. The summed E-state index contributed by atoms with van der Waals surface area (Å²) in [5.74, 6) is 0. The van der Waals surface area contributed by atoms with Crippen LogP contribution >= 0.6 is 0 Å². The smallest absolute Gasteiger partial charge is 0.0951 e. The molecule has 1 aromatic heterocycles. The van der Waals surface area contributed by atoms with E-state index in [1.165, 1.54) is 37.8 Å². The molecule has 0 radical (unpaired) electrons. The SMILES string of the molecule is CC1(C)CCC(n2cncc2[C@@H]2CCCN2)C1. The van der Waals surface area contributed by atoms with E-state index < -0.39 is 0 Å². The molecule has 1 N–H and O–H groups in total. The van der Waals surface area contributed by atoms with Crippen molar-refractivity contribution in [2.45, 2.75) is 58.0 Å². The first kappa shape index (κ1) is 11.3. The molecular weight excluding hydrogens is 210 g/mol. The molecule has 2 aliphatic rings. The van der Waals surface area contributed by atoms with Crippen LogP contribution in [-0.4, -0.2) is 16.1 Å². The minimum Gasteiger partial charge on any atom is -0.330 e. The summed E-state index contributed by atoms with van der Waals surface area (Å²) < 4.78 is 2.44. The topological polar surface area (TPSA) is 29.9 Å². The lowest BCUT2D eigenvalue weighted by atomic mass is 9.92. The van der Waals surface area contributed by atoms with E-state index in [1.807, 2.05) is 6.33 Å². The Bertz CT molecular complexity index is 388. The van der Waals surface area contributed by atoms with Gasteiger partial charge < -0.3 is 9.88 Å². The quantitative estimate of drug-likeness (QED) is 0.851. The molecule has 94 valence electrons. The first-order chi connectivity index (χ1) is 8.16. The fourth-order valence-electron chi connectivity index (χ4n) is 3.46. The molecule has 0 amide bonds. The highest BCUT2D eigenvalue weighted by molar-refractivity contribution is 5.09. The minimum absolute atomic E-state index is 0.509. The lowest BCUT2D eigenvalue weighted by molar-refractivity contribution is 0.354. The van der Waals surface area contributed by atoms with Crippen LogP contribution in [0.2, 0.25) is 0 Å². The summed E-state index contributed by atoms with van der Waals surface area (Å²) in [4.78, 5) is 4.38. The standard InChI is InChI=1S/C14H23N3/c1-14(2)6-5-11(8-14)17-10-15-9-13(17)12-4-3-7-16-12/h9-12,16H,3-8H2,1-2H3/t11?,12-/m0/s1. The van der Waals surface area contributed by atoms with Gasteiger partial charge in [0, 0.05) is 18.3 Å². The van der Waals surface area contributed by atoms with Gasteiger partial charge in [0.05, 0.1) is 12.0 Å². The maximum Gasteiger partial charge on any atom is 0.0951 e. The van der Waals surface area contributed by atoms with Crippen molar-refractivity contribution in [1.82, 2.24) is 14.9 Å². The molecule has 2 heterocycles. The second-order valence-electron chi connectivity index (χ2n) is 6.44. The predicted octanol–water partition coefficient (Wildman–Crippen LogP) is 3.06. The van der Waals surface area contributed by atoms with Crippen molar-refractivity contribution < 1.29 is 0 Å². The summed E-state index contributed by atoms with van der Waals surface area (Å²) in [6.45, 7) is 5.93. The molecule has 2 fully saturated rings. The molecule has 1 aliphatic carbocycles. The Morgan fingerprint density at radius 3 is 2.94 bits per heavy atom. The fraction of sp³-hybridized carbons (Fsp3) is 0.786. The zero-order chi connectivity index (χ0) is 11.9. The third-order valence-corrected chi connectivity index (χ3v) is 4.45. The van der Waals surface area contributed by atoms with Crippen LogP contribution in [0.25, 0.3) is 0 Å². The maximum absolute atomic E-state index is 4.38. The highest BCUT2D eigenvalue weighted by Gasteiger charge is 2.33. The molecule has 0 bridgehead atoms. The minimum atomic E-state index is 0.509. The van der Waals surface area contributed by atoms with Gasteiger partial charge in [0.2, 0.25) is 0 Å². The van der Waals surface area contributed by atoms with E-state index in [2.05, 4.69) is 34.9 Å². The monoisotopic (exact) mass is 233 g/mol. The molecule has 3 nitrogen and oxygen atoms in total. The number of imidazole rings is 1. The molecule has 1 saturated carbocycles. The van der Waals surface area contributed by atoms with Crippen LogP contribution in [0.15, 0.2) is 12.5 Å². The molecule has 1 aliphatic heterocycles. The number of aromatic nitrogens is 2. The van der Waals surface area contributed by atoms with Gasteiger partial charge in [0.15, 0.2) is 0 Å². The van der Waals surface area contributed by atoms with Gasteiger partial charge in [0.1, 0.15) is 0 Å². The molecular formula is C14H23N3. The van der Waals surface area contributed by atoms with Crippen molar-refractivity contribution in [3.05, 3.63) is 18.2 Å². The van der Waals surface area contributed by atoms with Crippen molar-refractivity contribution in [2.75, 3.05) is 6.54 Å².